The van der Waals surface area contributed by atoms with E-state index in [1.165, 1.54) is 12.1 Å². The van der Waals surface area contributed by atoms with Gasteiger partial charge in [-0.2, -0.15) is 0 Å². The number of ether oxygens (including phenoxy) is 1. The molecule has 0 saturated carbocycles. The maximum absolute atomic E-state index is 11.6. The van der Waals surface area contributed by atoms with Gasteiger partial charge in [0.05, 0.1) is 13.0 Å². The van der Waals surface area contributed by atoms with E-state index in [0.29, 0.717) is 12.2 Å². The van der Waals surface area contributed by atoms with Gasteiger partial charge < -0.3 is 9.26 Å². The molecule has 0 amide bonds. The highest BCUT2D eigenvalue weighted by atomic mass is 31.2. The number of phosphoric acid groups is 1. The number of hydrogen-bond donors (Lipinski definition) is 2. The monoisotopic (exact) mass is 302 g/mol. The van der Waals surface area contributed by atoms with Crippen molar-refractivity contribution in [3.8, 4) is 5.75 Å². The fraction of sp³-hybridized carbons (Fsp3) is 0.462. The zero-order chi connectivity index (χ0) is 15.4. The number of phosphoric ester groups is 1. The van der Waals surface area contributed by atoms with Crippen LogP contribution in [0.5, 0.6) is 5.75 Å². The largest absolute Gasteiger partial charge is 0.524 e. The summed E-state index contributed by atoms with van der Waals surface area (Å²) in [6.45, 7) is 6.24. The van der Waals surface area contributed by atoms with Crippen LogP contribution in [0.4, 0.5) is 0 Å². The summed E-state index contributed by atoms with van der Waals surface area (Å²) < 4.78 is 20.2. The van der Waals surface area contributed by atoms with Crippen molar-refractivity contribution in [3.63, 3.8) is 0 Å². The quantitative estimate of drug-likeness (QED) is 0.640. The summed E-state index contributed by atoms with van der Waals surface area (Å²) >= 11 is 0. The lowest BCUT2D eigenvalue weighted by Gasteiger charge is -2.17. The molecule has 0 bridgehead atoms. The molecule has 1 aromatic rings. The Hall–Kier alpha value is -1.36. The number of benzene rings is 1. The van der Waals surface area contributed by atoms with E-state index in [1.807, 2.05) is 20.8 Å². The first-order chi connectivity index (χ1) is 9.05. The van der Waals surface area contributed by atoms with E-state index >= 15 is 0 Å². The second-order valence-electron chi connectivity index (χ2n) is 5.62. The van der Waals surface area contributed by atoms with Crippen LogP contribution < -0.4 is 4.52 Å². The zero-order valence-corrected chi connectivity index (χ0v) is 12.6. The van der Waals surface area contributed by atoms with Crippen LogP contribution in [0.3, 0.4) is 0 Å². The molecule has 20 heavy (non-hydrogen) atoms. The van der Waals surface area contributed by atoms with Crippen molar-refractivity contribution in [2.45, 2.75) is 27.2 Å². The van der Waals surface area contributed by atoms with Gasteiger partial charge in [-0.25, -0.2) is 4.57 Å². The summed E-state index contributed by atoms with van der Waals surface area (Å²) in [6.07, 6.45) is 0.103. The van der Waals surface area contributed by atoms with Crippen molar-refractivity contribution in [1.29, 1.82) is 0 Å². The second-order valence-corrected chi connectivity index (χ2v) is 6.79. The standard InChI is InChI=1S/C13H19O6P/c1-13(2,3)9-18-12(14)8-10-4-6-11(7-5-10)19-20(15,16)17/h4-7H,8-9H2,1-3H3,(H2,15,16,17). The summed E-state index contributed by atoms with van der Waals surface area (Å²) in [6, 6.07) is 5.91. The van der Waals surface area contributed by atoms with E-state index in [9.17, 15) is 9.36 Å². The van der Waals surface area contributed by atoms with Crippen LogP contribution in [0.15, 0.2) is 24.3 Å². The zero-order valence-electron chi connectivity index (χ0n) is 11.7. The topological polar surface area (TPSA) is 93.1 Å². The molecule has 0 fully saturated rings. The van der Waals surface area contributed by atoms with Crippen LogP contribution >= 0.6 is 7.82 Å². The third kappa shape index (κ3) is 7.28. The Labute approximate surface area is 118 Å². The molecule has 112 valence electrons. The third-order valence-corrected chi connectivity index (χ3v) is 2.61. The van der Waals surface area contributed by atoms with E-state index in [2.05, 4.69) is 4.52 Å². The smallest absolute Gasteiger partial charge is 0.465 e. The molecule has 0 spiro atoms. The SMILES string of the molecule is CC(C)(C)COC(=O)Cc1ccc(OP(=O)(O)O)cc1. The van der Waals surface area contributed by atoms with Crippen LogP contribution in [0.25, 0.3) is 0 Å². The minimum absolute atomic E-state index is 0.0464. The average molecular weight is 302 g/mol. The molecule has 0 aromatic heterocycles. The van der Waals surface area contributed by atoms with Gasteiger partial charge in [-0.15, -0.1) is 0 Å². The molecule has 0 aliphatic carbocycles. The Bertz CT molecular complexity index is 497. The van der Waals surface area contributed by atoms with E-state index in [4.69, 9.17) is 14.5 Å². The molecule has 0 atom stereocenters. The van der Waals surface area contributed by atoms with E-state index in [1.54, 1.807) is 12.1 Å². The maximum Gasteiger partial charge on any atom is 0.524 e. The molecular formula is C13H19O6P. The fourth-order valence-corrected chi connectivity index (χ4v) is 1.72. The van der Waals surface area contributed by atoms with Gasteiger partial charge in [0.2, 0.25) is 0 Å². The molecule has 2 N–H and O–H groups in total. The lowest BCUT2D eigenvalue weighted by atomic mass is 9.99. The van der Waals surface area contributed by atoms with Crippen LogP contribution in [0.1, 0.15) is 26.3 Å². The van der Waals surface area contributed by atoms with Gasteiger partial charge in [0.1, 0.15) is 5.75 Å². The highest BCUT2D eigenvalue weighted by Gasteiger charge is 2.16. The van der Waals surface area contributed by atoms with Crippen molar-refractivity contribution >= 4 is 13.8 Å². The third-order valence-electron chi connectivity index (χ3n) is 2.16. The Kier molecular flexibility index (Phi) is 5.34. The fourth-order valence-electron chi connectivity index (χ4n) is 1.32. The van der Waals surface area contributed by atoms with Crippen molar-refractivity contribution in [3.05, 3.63) is 29.8 Å². The van der Waals surface area contributed by atoms with Gasteiger partial charge in [0, 0.05) is 0 Å². The first kappa shape index (κ1) is 16.7. The molecule has 0 radical (unpaired) electrons. The van der Waals surface area contributed by atoms with Crippen LogP contribution in [0, 0.1) is 5.41 Å². The number of carbonyl (C=O) groups is 1. The Morgan fingerprint density at radius 3 is 2.20 bits per heavy atom. The number of carbonyl (C=O) groups excluding carboxylic acids is 1. The van der Waals surface area contributed by atoms with Crippen LogP contribution in [-0.4, -0.2) is 22.4 Å². The molecule has 0 saturated heterocycles. The Morgan fingerprint density at radius 2 is 1.75 bits per heavy atom. The van der Waals surface area contributed by atoms with Gasteiger partial charge in [0.15, 0.2) is 0 Å². The summed E-state index contributed by atoms with van der Waals surface area (Å²) in [7, 11) is -4.55. The Balaban J connectivity index is 2.53. The first-order valence-electron chi connectivity index (χ1n) is 6.05. The summed E-state index contributed by atoms with van der Waals surface area (Å²) in [4.78, 5) is 28.9. The van der Waals surface area contributed by atoms with Gasteiger partial charge in [-0.1, -0.05) is 32.9 Å². The van der Waals surface area contributed by atoms with Crippen molar-refractivity contribution in [2.24, 2.45) is 5.41 Å². The summed E-state index contributed by atoms with van der Waals surface area (Å²) in [5.74, 6) is -0.297. The number of rotatable bonds is 5. The normalized spacial score (nSPS) is 12.1. The average Bonchev–Trinajstić information content (AvgIpc) is 2.26. The second kappa shape index (κ2) is 6.39. The molecule has 1 aromatic carbocycles. The van der Waals surface area contributed by atoms with Crippen LogP contribution in [-0.2, 0) is 20.5 Å². The summed E-state index contributed by atoms with van der Waals surface area (Å²) in [5.41, 5.74) is 0.596. The van der Waals surface area contributed by atoms with Gasteiger partial charge >= 0.3 is 13.8 Å². The highest BCUT2D eigenvalue weighted by Crippen LogP contribution is 2.37. The van der Waals surface area contributed by atoms with Crippen molar-refractivity contribution in [2.75, 3.05) is 6.61 Å². The molecule has 7 heteroatoms. The van der Waals surface area contributed by atoms with E-state index < -0.39 is 7.82 Å². The first-order valence-corrected chi connectivity index (χ1v) is 7.58. The number of esters is 1. The lowest BCUT2D eigenvalue weighted by Crippen LogP contribution is -2.19. The van der Waals surface area contributed by atoms with Gasteiger partial charge in [-0.05, 0) is 23.1 Å². The molecule has 0 aliphatic heterocycles. The van der Waals surface area contributed by atoms with E-state index in [0.717, 1.165) is 0 Å². The highest BCUT2D eigenvalue weighted by molar-refractivity contribution is 7.46. The molecule has 0 heterocycles. The van der Waals surface area contributed by atoms with Crippen LogP contribution in [0.2, 0.25) is 0 Å². The maximum atomic E-state index is 11.6. The summed E-state index contributed by atoms with van der Waals surface area (Å²) in [5, 5.41) is 0. The van der Waals surface area contributed by atoms with Crippen molar-refractivity contribution in [1.82, 2.24) is 0 Å². The number of hydrogen-bond acceptors (Lipinski definition) is 4. The molecular weight excluding hydrogens is 283 g/mol. The molecule has 0 aliphatic rings. The van der Waals surface area contributed by atoms with Gasteiger partial charge in [0.25, 0.3) is 0 Å². The molecule has 1 rings (SSSR count). The minimum Gasteiger partial charge on any atom is -0.465 e. The van der Waals surface area contributed by atoms with E-state index in [-0.39, 0.29) is 23.6 Å². The van der Waals surface area contributed by atoms with Gasteiger partial charge in [-0.3, -0.25) is 14.6 Å². The Morgan fingerprint density at radius 1 is 1.20 bits per heavy atom. The predicted octanol–water partition coefficient (Wildman–Crippen LogP) is 2.29. The molecule has 6 nitrogen and oxygen atoms in total. The molecule has 0 unspecified atom stereocenters. The minimum atomic E-state index is -4.55. The van der Waals surface area contributed by atoms with Crippen molar-refractivity contribution < 1.29 is 28.4 Å². The predicted molar refractivity (Wildman–Crippen MR) is 73.2 cm³/mol. The lowest BCUT2D eigenvalue weighted by molar-refractivity contribution is -0.145.